The second-order valence-electron chi connectivity index (χ2n) is 2.71. The SMILES string of the molecule is Cl[Si]1(Cl)CC[Si](Cl)(Cl)CC1. The molecule has 0 N–H and O–H groups in total. The minimum absolute atomic E-state index is 0.884. The van der Waals surface area contributed by atoms with Gasteiger partial charge in [-0.3, -0.25) is 0 Å². The van der Waals surface area contributed by atoms with E-state index in [9.17, 15) is 0 Å². The first-order chi connectivity index (χ1) is 4.41. The Morgan fingerprint density at radius 3 is 1.00 bits per heavy atom. The Morgan fingerprint density at radius 2 is 0.800 bits per heavy atom. The largest absolute Gasteiger partial charge is 0.251 e. The Kier molecular flexibility index (Phi) is 3.05. The fourth-order valence-corrected chi connectivity index (χ4v) is 14.1. The van der Waals surface area contributed by atoms with Crippen molar-refractivity contribution < 1.29 is 0 Å². The van der Waals surface area contributed by atoms with Crippen LogP contribution in [-0.2, 0) is 0 Å². The highest BCUT2D eigenvalue weighted by Gasteiger charge is 2.42. The Labute approximate surface area is 81.6 Å². The molecular formula is C4H8Cl4Si2. The molecule has 1 heterocycles. The zero-order chi connectivity index (χ0) is 7.83. The van der Waals surface area contributed by atoms with Crippen molar-refractivity contribution in [2.45, 2.75) is 24.2 Å². The van der Waals surface area contributed by atoms with Crippen LogP contribution in [0.4, 0.5) is 0 Å². The van der Waals surface area contributed by atoms with E-state index in [0.29, 0.717) is 0 Å². The average molecular weight is 254 g/mol. The first-order valence-electron chi connectivity index (χ1n) is 3.17. The van der Waals surface area contributed by atoms with Gasteiger partial charge >= 0.3 is 0 Å². The standard InChI is InChI=1S/C4H8Cl4Si2/c5-9(6)1-2-10(7,8)4-3-9/h1-4H2. The molecule has 0 unspecified atom stereocenters. The maximum Gasteiger partial charge on any atom is 0.251 e. The van der Waals surface area contributed by atoms with Crippen molar-refractivity contribution in [2.75, 3.05) is 0 Å². The van der Waals surface area contributed by atoms with Crippen molar-refractivity contribution in [3.05, 3.63) is 0 Å². The van der Waals surface area contributed by atoms with Crippen LogP contribution < -0.4 is 0 Å². The van der Waals surface area contributed by atoms with Crippen LogP contribution in [0.2, 0.25) is 24.2 Å². The van der Waals surface area contributed by atoms with Crippen LogP contribution in [0.15, 0.2) is 0 Å². The Hall–Kier alpha value is 1.59. The van der Waals surface area contributed by atoms with E-state index in [0.717, 1.165) is 24.2 Å². The van der Waals surface area contributed by atoms with Crippen LogP contribution >= 0.6 is 44.3 Å². The van der Waals surface area contributed by atoms with E-state index in [-0.39, 0.29) is 0 Å². The van der Waals surface area contributed by atoms with Gasteiger partial charge in [0.2, 0.25) is 0 Å². The quantitative estimate of drug-likeness (QED) is 0.455. The molecule has 10 heavy (non-hydrogen) atoms. The van der Waals surface area contributed by atoms with Crippen molar-refractivity contribution in [3.8, 4) is 0 Å². The Balaban J connectivity index is 2.46. The highest BCUT2D eigenvalue weighted by molar-refractivity contribution is 7.50. The van der Waals surface area contributed by atoms with Crippen molar-refractivity contribution in [1.29, 1.82) is 0 Å². The highest BCUT2D eigenvalue weighted by Crippen LogP contribution is 2.43. The van der Waals surface area contributed by atoms with Crippen molar-refractivity contribution >= 4 is 57.7 Å². The summed E-state index contributed by atoms with van der Waals surface area (Å²) in [7, 11) is 0. The molecule has 0 aromatic heterocycles. The first kappa shape index (κ1) is 9.68. The number of halogens is 4. The molecule has 0 aromatic rings. The fourth-order valence-electron chi connectivity index (χ4n) is 0.982. The van der Waals surface area contributed by atoms with Crippen LogP contribution in [0.25, 0.3) is 0 Å². The zero-order valence-electron chi connectivity index (χ0n) is 5.34. The lowest BCUT2D eigenvalue weighted by Crippen LogP contribution is -2.33. The molecule has 0 amide bonds. The van der Waals surface area contributed by atoms with Crippen molar-refractivity contribution in [2.24, 2.45) is 0 Å². The summed E-state index contributed by atoms with van der Waals surface area (Å²) in [6, 6.07) is 3.54. The lowest BCUT2D eigenvalue weighted by Gasteiger charge is -2.28. The maximum atomic E-state index is 6.01. The predicted octanol–water partition coefficient (Wildman–Crippen LogP) is 3.84. The topological polar surface area (TPSA) is 0 Å². The van der Waals surface area contributed by atoms with Gasteiger partial charge in [-0.2, -0.15) is 0 Å². The minimum Gasteiger partial charge on any atom is -0.146 e. The monoisotopic (exact) mass is 252 g/mol. The van der Waals surface area contributed by atoms with Gasteiger partial charge in [-0.15, -0.1) is 44.3 Å². The van der Waals surface area contributed by atoms with E-state index < -0.39 is 13.4 Å². The number of rotatable bonds is 0. The van der Waals surface area contributed by atoms with Crippen molar-refractivity contribution in [3.63, 3.8) is 0 Å². The molecule has 1 aliphatic heterocycles. The van der Waals surface area contributed by atoms with Gasteiger partial charge in [0.1, 0.15) is 0 Å². The van der Waals surface area contributed by atoms with Gasteiger partial charge in [0.15, 0.2) is 0 Å². The normalized spacial score (nSPS) is 30.0. The molecule has 60 valence electrons. The second-order valence-corrected chi connectivity index (χ2v) is 18.0. The summed E-state index contributed by atoms with van der Waals surface area (Å²) in [5.41, 5.74) is 0. The summed E-state index contributed by atoms with van der Waals surface area (Å²) < 4.78 is 0. The lowest BCUT2D eigenvalue weighted by atomic mass is 10.9. The van der Waals surface area contributed by atoms with Gasteiger partial charge in [0.05, 0.1) is 0 Å². The van der Waals surface area contributed by atoms with E-state index >= 15 is 0 Å². The molecule has 0 spiro atoms. The van der Waals surface area contributed by atoms with E-state index in [4.69, 9.17) is 44.3 Å². The molecule has 1 saturated heterocycles. The van der Waals surface area contributed by atoms with Crippen molar-refractivity contribution in [1.82, 2.24) is 0 Å². The van der Waals surface area contributed by atoms with Gasteiger partial charge in [0.25, 0.3) is 13.4 Å². The highest BCUT2D eigenvalue weighted by atomic mass is 35.7. The molecule has 1 rings (SSSR count). The van der Waals surface area contributed by atoms with Crippen LogP contribution in [0.5, 0.6) is 0 Å². The van der Waals surface area contributed by atoms with Gasteiger partial charge in [-0.25, -0.2) is 0 Å². The van der Waals surface area contributed by atoms with Gasteiger partial charge in [0, 0.05) is 0 Å². The Bertz CT molecular complexity index is 107. The van der Waals surface area contributed by atoms with Crippen LogP contribution in [0.1, 0.15) is 0 Å². The van der Waals surface area contributed by atoms with Crippen LogP contribution in [0, 0.1) is 0 Å². The molecule has 0 bridgehead atoms. The summed E-state index contributed by atoms with van der Waals surface area (Å²) in [5, 5.41) is 0. The summed E-state index contributed by atoms with van der Waals surface area (Å²) in [6.45, 7) is -3.74. The van der Waals surface area contributed by atoms with Gasteiger partial charge in [-0.1, -0.05) is 0 Å². The van der Waals surface area contributed by atoms with Crippen LogP contribution in [0.3, 0.4) is 0 Å². The third-order valence-corrected chi connectivity index (χ3v) is 11.2. The average Bonchev–Trinajstić information content (AvgIpc) is 1.79. The second kappa shape index (κ2) is 3.15. The number of hydrogen-bond acceptors (Lipinski definition) is 0. The Morgan fingerprint density at radius 1 is 0.600 bits per heavy atom. The minimum atomic E-state index is -1.87. The molecule has 1 aliphatic rings. The molecule has 0 atom stereocenters. The summed E-state index contributed by atoms with van der Waals surface area (Å²) >= 11 is 24.0. The number of hydrogen-bond donors (Lipinski definition) is 0. The fraction of sp³-hybridized carbons (Fsp3) is 1.00. The lowest BCUT2D eigenvalue weighted by molar-refractivity contribution is 1.21. The third-order valence-electron chi connectivity index (χ3n) is 1.71. The maximum absolute atomic E-state index is 6.01. The molecule has 0 aliphatic carbocycles. The summed E-state index contributed by atoms with van der Waals surface area (Å²) in [6.07, 6.45) is 0. The van der Waals surface area contributed by atoms with E-state index in [1.54, 1.807) is 0 Å². The van der Waals surface area contributed by atoms with Gasteiger partial charge < -0.3 is 0 Å². The van der Waals surface area contributed by atoms with E-state index in [1.165, 1.54) is 0 Å². The zero-order valence-corrected chi connectivity index (χ0v) is 10.4. The summed E-state index contributed by atoms with van der Waals surface area (Å²) in [4.78, 5) is 0. The molecule has 0 radical (unpaired) electrons. The van der Waals surface area contributed by atoms with E-state index in [1.807, 2.05) is 0 Å². The molecule has 1 fully saturated rings. The summed E-state index contributed by atoms with van der Waals surface area (Å²) in [5.74, 6) is 0. The van der Waals surface area contributed by atoms with Crippen LogP contribution in [-0.4, -0.2) is 13.4 Å². The third kappa shape index (κ3) is 2.91. The smallest absolute Gasteiger partial charge is 0.146 e. The van der Waals surface area contributed by atoms with Gasteiger partial charge in [-0.05, 0) is 24.2 Å². The molecule has 0 nitrogen and oxygen atoms in total. The molecule has 6 heteroatoms. The molecule has 0 saturated carbocycles. The first-order valence-corrected chi connectivity index (χ1v) is 12.0. The predicted molar refractivity (Wildman–Crippen MR) is 54.1 cm³/mol. The van der Waals surface area contributed by atoms with E-state index in [2.05, 4.69) is 0 Å². The molecule has 0 aromatic carbocycles. The molecular weight excluding hydrogens is 246 g/mol.